The zero-order valence-corrected chi connectivity index (χ0v) is 11.9. The maximum atomic E-state index is 9.08. The zero-order valence-electron chi connectivity index (χ0n) is 11.9. The molecule has 0 radical (unpaired) electrons. The number of aromatic nitrogens is 2. The highest BCUT2D eigenvalue weighted by Gasteiger charge is 2.21. The number of nitrogens with one attached hydrogen (secondary N) is 1. The molecule has 0 spiro atoms. The molecule has 1 aliphatic rings. The Labute approximate surface area is 115 Å². The van der Waals surface area contributed by atoms with Gasteiger partial charge in [0.1, 0.15) is 11.4 Å². The minimum atomic E-state index is -0.377. The van der Waals surface area contributed by atoms with Crippen LogP contribution in [0.1, 0.15) is 32.0 Å². The van der Waals surface area contributed by atoms with Gasteiger partial charge in [-0.25, -0.2) is 4.98 Å². The number of imidazole rings is 1. The van der Waals surface area contributed by atoms with Gasteiger partial charge in [-0.1, -0.05) is 0 Å². The Balaban J connectivity index is 1.69. The molecule has 0 saturated carbocycles. The van der Waals surface area contributed by atoms with E-state index in [4.69, 9.17) is 5.26 Å². The molecule has 1 aliphatic heterocycles. The van der Waals surface area contributed by atoms with E-state index in [0.717, 1.165) is 45.4 Å². The Hall–Kier alpha value is -1.38. The van der Waals surface area contributed by atoms with Crippen LogP contribution < -0.4 is 5.32 Å². The normalized spacial score (nSPS) is 18.6. The maximum Gasteiger partial charge on any atom is 0.122 e. The Morgan fingerprint density at radius 1 is 1.47 bits per heavy atom. The van der Waals surface area contributed by atoms with Gasteiger partial charge in [-0.2, -0.15) is 5.26 Å². The van der Waals surface area contributed by atoms with E-state index in [1.54, 1.807) is 0 Å². The maximum absolute atomic E-state index is 9.08. The lowest BCUT2D eigenvalue weighted by molar-refractivity contribution is 0.211. The molecule has 104 valence electrons. The fraction of sp³-hybridized carbons (Fsp3) is 0.714. The van der Waals surface area contributed by atoms with Crippen molar-refractivity contribution in [2.45, 2.75) is 44.8 Å². The van der Waals surface area contributed by atoms with E-state index in [1.807, 2.05) is 20.2 Å². The molecule has 5 nitrogen and oxygen atoms in total. The summed E-state index contributed by atoms with van der Waals surface area (Å²) in [5, 5.41) is 12.2. The molecular formula is C14H23N5. The summed E-state index contributed by atoms with van der Waals surface area (Å²) < 4.78 is 2.23. The molecule has 2 rings (SSSR count). The van der Waals surface area contributed by atoms with Gasteiger partial charge in [0.2, 0.25) is 0 Å². The Bertz CT molecular complexity index is 447. The predicted octanol–water partition coefficient (Wildman–Crippen LogP) is 1.37. The second-order valence-corrected chi connectivity index (χ2v) is 5.46. The summed E-state index contributed by atoms with van der Waals surface area (Å²) >= 11 is 0. The highest BCUT2D eigenvalue weighted by Crippen LogP contribution is 2.14. The number of rotatable bonds is 6. The molecule has 1 aromatic heterocycles. The largest absolute Gasteiger partial charge is 0.333 e. The van der Waals surface area contributed by atoms with Crippen LogP contribution >= 0.6 is 0 Å². The first kappa shape index (κ1) is 14.0. The van der Waals surface area contributed by atoms with E-state index in [1.165, 1.54) is 5.82 Å². The molecule has 19 heavy (non-hydrogen) atoms. The van der Waals surface area contributed by atoms with Gasteiger partial charge >= 0.3 is 0 Å². The van der Waals surface area contributed by atoms with E-state index in [9.17, 15) is 0 Å². The topological polar surface area (TPSA) is 56.9 Å². The van der Waals surface area contributed by atoms with Crippen LogP contribution in [0.5, 0.6) is 0 Å². The average molecular weight is 261 g/mol. The van der Waals surface area contributed by atoms with Crippen molar-refractivity contribution in [1.82, 2.24) is 19.8 Å². The van der Waals surface area contributed by atoms with Crippen LogP contribution in [0.3, 0.4) is 0 Å². The highest BCUT2D eigenvalue weighted by molar-refractivity contribution is 5.02. The smallest absolute Gasteiger partial charge is 0.122 e. The zero-order chi connectivity index (χ0) is 13.7. The van der Waals surface area contributed by atoms with Gasteiger partial charge in [0.05, 0.1) is 12.6 Å². The third-order valence-electron chi connectivity index (χ3n) is 4.02. The van der Waals surface area contributed by atoms with Gasteiger partial charge in [-0.3, -0.25) is 4.90 Å². The molecule has 1 aromatic rings. The van der Waals surface area contributed by atoms with Gasteiger partial charge in [-0.05, 0) is 39.8 Å². The van der Waals surface area contributed by atoms with Crippen LogP contribution in [-0.4, -0.2) is 40.1 Å². The number of nitriles is 1. The Morgan fingerprint density at radius 3 is 3.05 bits per heavy atom. The average Bonchev–Trinajstić information content (AvgIpc) is 2.91. The highest BCUT2D eigenvalue weighted by atomic mass is 15.2. The number of hydrogen-bond donors (Lipinski definition) is 1. The lowest BCUT2D eigenvalue weighted by Gasteiger charge is -2.28. The molecule has 0 bridgehead atoms. The van der Waals surface area contributed by atoms with Crippen molar-refractivity contribution in [3.8, 4) is 6.07 Å². The lowest BCUT2D eigenvalue weighted by atomic mass is 9.97. The minimum Gasteiger partial charge on any atom is -0.333 e. The van der Waals surface area contributed by atoms with Gasteiger partial charge < -0.3 is 9.88 Å². The predicted molar refractivity (Wildman–Crippen MR) is 74.4 cm³/mol. The molecule has 0 aliphatic carbocycles. The van der Waals surface area contributed by atoms with Gasteiger partial charge in [0.15, 0.2) is 0 Å². The fourth-order valence-corrected chi connectivity index (χ4v) is 2.47. The first-order valence-electron chi connectivity index (χ1n) is 6.99. The summed E-state index contributed by atoms with van der Waals surface area (Å²) in [5.41, 5.74) is -0.377. The van der Waals surface area contributed by atoms with Crippen LogP contribution in [-0.2, 0) is 13.1 Å². The first-order chi connectivity index (χ1) is 9.17. The van der Waals surface area contributed by atoms with Crippen molar-refractivity contribution in [3.63, 3.8) is 0 Å². The van der Waals surface area contributed by atoms with Gasteiger partial charge in [0.25, 0.3) is 0 Å². The second kappa shape index (κ2) is 6.18. The van der Waals surface area contributed by atoms with E-state index in [0.29, 0.717) is 0 Å². The van der Waals surface area contributed by atoms with Crippen molar-refractivity contribution in [1.29, 1.82) is 5.26 Å². The van der Waals surface area contributed by atoms with Gasteiger partial charge in [0, 0.05) is 25.5 Å². The van der Waals surface area contributed by atoms with Crippen molar-refractivity contribution in [3.05, 3.63) is 18.2 Å². The molecule has 1 N–H and O–H groups in total. The Morgan fingerprint density at radius 2 is 2.32 bits per heavy atom. The van der Waals surface area contributed by atoms with Crippen LogP contribution in [0, 0.1) is 11.3 Å². The fourth-order valence-electron chi connectivity index (χ4n) is 2.47. The van der Waals surface area contributed by atoms with Crippen LogP contribution in [0.4, 0.5) is 0 Å². The second-order valence-electron chi connectivity index (χ2n) is 5.46. The number of unbranched alkanes of at least 4 members (excludes halogenated alkanes) is 1. The minimum absolute atomic E-state index is 0.377. The molecule has 0 saturated heterocycles. The van der Waals surface area contributed by atoms with E-state index >= 15 is 0 Å². The lowest BCUT2D eigenvalue weighted by Crippen LogP contribution is -2.38. The number of fused-ring (bicyclic) bond motifs is 1. The quantitative estimate of drug-likeness (QED) is 0.786. The molecule has 0 aromatic carbocycles. The summed E-state index contributed by atoms with van der Waals surface area (Å²) in [6.45, 7) is 6.16. The van der Waals surface area contributed by atoms with Crippen LogP contribution in [0.25, 0.3) is 0 Å². The Kier molecular flexibility index (Phi) is 4.56. The summed E-state index contributed by atoms with van der Waals surface area (Å²) in [7, 11) is 1.85. The summed E-state index contributed by atoms with van der Waals surface area (Å²) in [6.07, 6.45) is 7.06. The third-order valence-corrected chi connectivity index (χ3v) is 4.02. The summed E-state index contributed by atoms with van der Waals surface area (Å²) in [6, 6.07) is 2.34. The SMILES string of the molecule is CNC(C)(C#N)CCCCN1CCn2ccnc2C1. The van der Waals surface area contributed by atoms with E-state index in [2.05, 4.69) is 32.0 Å². The summed E-state index contributed by atoms with van der Waals surface area (Å²) in [5.74, 6) is 1.17. The third kappa shape index (κ3) is 3.55. The van der Waals surface area contributed by atoms with Crippen molar-refractivity contribution in [2.75, 3.05) is 20.1 Å². The summed E-state index contributed by atoms with van der Waals surface area (Å²) in [4.78, 5) is 6.82. The molecule has 2 heterocycles. The monoisotopic (exact) mass is 261 g/mol. The molecule has 1 unspecified atom stereocenters. The van der Waals surface area contributed by atoms with Crippen LogP contribution in [0.15, 0.2) is 12.4 Å². The molecular weight excluding hydrogens is 238 g/mol. The standard InChI is InChI=1S/C14H23N5/c1-14(12-15,16-2)5-3-4-7-18-9-10-19-8-6-17-13(19)11-18/h6,8,16H,3-5,7,9-11H2,1-2H3. The number of nitrogens with zero attached hydrogens (tertiary/aromatic N) is 4. The number of hydrogen-bond acceptors (Lipinski definition) is 4. The molecule has 0 amide bonds. The van der Waals surface area contributed by atoms with E-state index in [-0.39, 0.29) is 5.54 Å². The van der Waals surface area contributed by atoms with Crippen molar-refractivity contribution in [2.24, 2.45) is 0 Å². The van der Waals surface area contributed by atoms with Crippen molar-refractivity contribution >= 4 is 0 Å². The van der Waals surface area contributed by atoms with Crippen molar-refractivity contribution < 1.29 is 0 Å². The van der Waals surface area contributed by atoms with Gasteiger partial charge in [-0.15, -0.1) is 0 Å². The molecule has 0 fully saturated rings. The van der Waals surface area contributed by atoms with E-state index < -0.39 is 0 Å². The molecule has 5 heteroatoms. The molecule has 1 atom stereocenters. The van der Waals surface area contributed by atoms with Crippen LogP contribution in [0.2, 0.25) is 0 Å². The first-order valence-corrected chi connectivity index (χ1v) is 6.99.